The van der Waals surface area contributed by atoms with Crippen LogP contribution in [0.1, 0.15) is 17.3 Å². The summed E-state index contributed by atoms with van der Waals surface area (Å²) in [5.41, 5.74) is 0.876. The molecule has 3 rings (SSSR count). The molecule has 1 aromatic heterocycles. The highest BCUT2D eigenvalue weighted by atomic mass is 35.5. The van der Waals surface area contributed by atoms with E-state index in [9.17, 15) is 9.59 Å². The summed E-state index contributed by atoms with van der Waals surface area (Å²) in [7, 11) is 0. The number of amides is 1. The minimum absolute atomic E-state index is 0.226. The predicted octanol–water partition coefficient (Wildman–Crippen LogP) is 5.07. The van der Waals surface area contributed by atoms with Gasteiger partial charge in [-0.2, -0.15) is 0 Å². The molecule has 0 saturated heterocycles. The number of rotatable bonds is 6. The topological polar surface area (TPSA) is 68.3 Å². The number of nitrogens with zero attached hydrogens (tertiary/aromatic N) is 1. The Labute approximate surface area is 172 Å². The molecule has 28 heavy (non-hydrogen) atoms. The maximum absolute atomic E-state index is 12.5. The van der Waals surface area contributed by atoms with Gasteiger partial charge in [-0.15, -0.1) is 0 Å². The van der Waals surface area contributed by atoms with Crippen LogP contribution in [-0.4, -0.2) is 23.0 Å². The normalized spacial score (nSPS) is 11.5. The van der Waals surface area contributed by atoms with Crippen LogP contribution in [0.2, 0.25) is 5.15 Å². The van der Waals surface area contributed by atoms with E-state index in [4.69, 9.17) is 16.3 Å². The van der Waals surface area contributed by atoms with Crippen molar-refractivity contribution in [3.05, 3.63) is 83.6 Å². The van der Waals surface area contributed by atoms with E-state index in [1.165, 1.54) is 37.0 Å². The first-order chi connectivity index (χ1) is 13.5. The Balaban J connectivity index is 1.65. The Morgan fingerprint density at radius 1 is 1.04 bits per heavy atom. The van der Waals surface area contributed by atoms with Crippen LogP contribution in [-0.2, 0) is 9.53 Å². The van der Waals surface area contributed by atoms with Gasteiger partial charge in [-0.05, 0) is 43.3 Å². The zero-order valence-electron chi connectivity index (χ0n) is 15.0. The van der Waals surface area contributed by atoms with Crippen molar-refractivity contribution in [1.29, 1.82) is 0 Å². The van der Waals surface area contributed by atoms with Gasteiger partial charge in [-0.3, -0.25) is 4.79 Å². The van der Waals surface area contributed by atoms with Crippen LogP contribution in [0.15, 0.2) is 82.7 Å². The summed E-state index contributed by atoms with van der Waals surface area (Å²) in [5, 5.41) is 3.10. The Morgan fingerprint density at radius 3 is 2.46 bits per heavy atom. The summed E-state index contributed by atoms with van der Waals surface area (Å²) >= 11 is 7.24. The van der Waals surface area contributed by atoms with Crippen LogP contribution in [0.25, 0.3) is 0 Å². The molecule has 0 saturated carbocycles. The Morgan fingerprint density at radius 2 is 1.75 bits per heavy atom. The van der Waals surface area contributed by atoms with Crippen LogP contribution in [0, 0.1) is 0 Å². The van der Waals surface area contributed by atoms with Crippen LogP contribution < -0.4 is 5.32 Å². The molecular formula is C21H17ClN2O3S. The summed E-state index contributed by atoms with van der Waals surface area (Å²) < 4.78 is 5.23. The van der Waals surface area contributed by atoms with E-state index in [1.807, 2.05) is 48.5 Å². The minimum Gasteiger partial charge on any atom is -0.449 e. The number of hydrogen-bond donors (Lipinski definition) is 1. The van der Waals surface area contributed by atoms with Crippen molar-refractivity contribution in [2.45, 2.75) is 22.8 Å². The maximum atomic E-state index is 12.5. The SMILES string of the molecule is C[C@@H](OC(=O)c1ccc(Cl)nc1)C(=O)Nc1ccccc1Sc1ccccc1. The molecule has 0 fully saturated rings. The van der Waals surface area contributed by atoms with Crippen molar-refractivity contribution in [3.63, 3.8) is 0 Å². The molecule has 142 valence electrons. The van der Waals surface area contributed by atoms with Gasteiger partial charge in [0.1, 0.15) is 5.15 Å². The molecule has 3 aromatic rings. The largest absolute Gasteiger partial charge is 0.449 e. The van der Waals surface area contributed by atoms with Gasteiger partial charge in [0, 0.05) is 16.0 Å². The summed E-state index contributed by atoms with van der Waals surface area (Å²) in [4.78, 5) is 30.4. The Hall–Kier alpha value is -2.83. The molecule has 1 heterocycles. The second kappa shape index (κ2) is 9.39. The third-order valence-electron chi connectivity index (χ3n) is 3.73. The van der Waals surface area contributed by atoms with E-state index in [-0.39, 0.29) is 10.7 Å². The van der Waals surface area contributed by atoms with Gasteiger partial charge in [0.2, 0.25) is 0 Å². The number of halogens is 1. The van der Waals surface area contributed by atoms with E-state index in [1.54, 1.807) is 6.07 Å². The van der Waals surface area contributed by atoms with E-state index in [0.29, 0.717) is 5.69 Å². The summed E-state index contributed by atoms with van der Waals surface area (Å²) in [6.45, 7) is 1.52. The molecule has 0 unspecified atom stereocenters. The van der Waals surface area contributed by atoms with Gasteiger partial charge in [0.15, 0.2) is 6.10 Å². The fourth-order valence-electron chi connectivity index (χ4n) is 2.29. The van der Waals surface area contributed by atoms with Gasteiger partial charge in [-0.25, -0.2) is 9.78 Å². The lowest BCUT2D eigenvalue weighted by Gasteiger charge is -2.15. The number of esters is 1. The standard InChI is InChI=1S/C21H17ClN2O3S/c1-14(27-21(26)15-11-12-19(22)23-13-15)20(25)24-17-9-5-6-10-18(17)28-16-7-3-2-4-8-16/h2-14H,1H3,(H,24,25)/t14-/m1/s1. The van der Waals surface area contributed by atoms with Gasteiger partial charge in [-0.1, -0.05) is 53.7 Å². The number of pyridine rings is 1. The first kappa shape index (κ1) is 19.9. The molecule has 0 bridgehead atoms. The van der Waals surface area contributed by atoms with Crippen molar-refractivity contribution < 1.29 is 14.3 Å². The van der Waals surface area contributed by atoms with Crippen molar-refractivity contribution in [3.8, 4) is 0 Å². The molecular weight excluding hydrogens is 396 g/mol. The van der Waals surface area contributed by atoms with Crippen molar-refractivity contribution in [2.24, 2.45) is 0 Å². The third kappa shape index (κ3) is 5.34. The predicted molar refractivity (Wildman–Crippen MR) is 110 cm³/mol. The van der Waals surface area contributed by atoms with E-state index in [0.717, 1.165) is 9.79 Å². The fraction of sp³-hybridized carbons (Fsp3) is 0.0952. The van der Waals surface area contributed by atoms with Crippen molar-refractivity contribution in [2.75, 3.05) is 5.32 Å². The average molecular weight is 413 g/mol. The van der Waals surface area contributed by atoms with E-state index < -0.39 is 18.0 Å². The Bertz CT molecular complexity index is 965. The van der Waals surface area contributed by atoms with Gasteiger partial charge < -0.3 is 10.1 Å². The number of carbonyl (C=O) groups excluding carboxylic acids is 2. The summed E-state index contributed by atoms with van der Waals surface area (Å²) in [5.74, 6) is -1.06. The lowest BCUT2D eigenvalue weighted by Crippen LogP contribution is -2.30. The highest BCUT2D eigenvalue weighted by molar-refractivity contribution is 7.99. The Kier molecular flexibility index (Phi) is 6.68. The third-order valence-corrected chi connectivity index (χ3v) is 5.04. The molecule has 0 spiro atoms. The number of hydrogen-bond acceptors (Lipinski definition) is 5. The monoisotopic (exact) mass is 412 g/mol. The highest BCUT2D eigenvalue weighted by Crippen LogP contribution is 2.33. The molecule has 0 aliphatic carbocycles. The maximum Gasteiger partial charge on any atom is 0.340 e. The first-order valence-corrected chi connectivity index (χ1v) is 9.67. The zero-order valence-corrected chi connectivity index (χ0v) is 16.5. The molecule has 0 aliphatic heterocycles. The molecule has 0 aliphatic rings. The van der Waals surface area contributed by atoms with Crippen molar-refractivity contribution >= 4 is 40.9 Å². The van der Waals surface area contributed by atoms with Gasteiger partial charge in [0.05, 0.1) is 11.3 Å². The lowest BCUT2D eigenvalue weighted by molar-refractivity contribution is -0.123. The molecule has 2 aromatic carbocycles. The van der Waals surface area contributed by atoms with Crippen LogP contribution in [0.5, 0.6) is 0 Å². The van der Waals surface area contributed by atoms with E-state index >= 15 is 0 Å². The number of para-hydroxylation sites is 1. The fourth-order valence-corrected chi connectivity index (χ4v) is 3.32. The molecule has 7 heteroatoms. The quantitative estimate of drug-likeness (QED) is 0.452. The number of ether oxygens (including phenoxy) is 1. The number of nitrogens with one attached hydrogen (secondary N) is 1. The van der Waals surface area contributed by atoms with Gasteiger partial charge in [0.25, 0.3) is 5.91 Å². The molecule has 1 atom stereocenters. The van der Waals surface area contributed by atoms with Crippen LogP contribution in [0.3, 0.4) is 0 Å². The lowest BCUT2D eigenvalue weighted by atomic mass is 10.2. The molecule has 1 N–H and O–H groups in total. The molecule has 0 radical (unpaired) electrons. The number of anilines is 1. The number of aromatic nitrogens is 1. The summed E-state index contributed by atoms with van der Waals surface area (Å²) in [6, 6.07) is 20.3. The first-order valence-electron chi connectivity index (χ1n) is 8.48. The average Bonchev–Trinajstić information content (AvgIpc) is 2.70. The van der Waals surface area contributed by atoms with Gasteiger partial charge >= 0.3 is 5.97 Å². The highest BCUT2D eigenvalue weighted by Gasteiger charge is 2.20. The minimum atomic E-state index is -0.974. The molecule has 1 amide bonds. The second-order valence-corrected chi connectivity index (χ2v) is 7.32. The number of benzene rings is 2. The van der Waals surface area contributed by atoms with E-state index in [2.05, 4.69) is 10.3 Å². The van der Waals surface area contributed by atoms with Crippen molar-refractivity contribution in [1.82, 2.24) is 4.98 Å². The zero-order chi connectivity index (χ0) is 19.9. The number of carbonyl (C=O) groups is 2. The van der Waals surface area contributed by atoms with Crippen LogP contribution >= 0.6 is 23.4 Å². The summed E-state index contributed by atoms with van der Waals surface area (Å²) in [6.07, 6.45) is 0.333. The molecule has 5 nitrogen and oxygen atoms in total. The van der Waals surface area contributed by atoms with Crippen LogP contribution in [0.4, 0.5) is 5.69 Å². The second-order valence-electron chi connectivity index (χ2n) is 5.82. The smallest absolute Gasteiger partial charge is 0.340 e.